The molecular formula is C14H18BrCl2NO2S. The molecule has 1 aliphatic carbocycles. The van der Waals surface area contributed by atoms with Crippen molar-refractivity contribution in [2.24, 2.45) is 11.8 Å². The van der Waals surface area contributed by atoms with Gasteiger partial charge in [-0.25, -0.2) is 13.1 Å². The van der Waals surface area contributed by atoms with E-state index in [1.54, 1.807) is 0 Å². The Hall–Kier alpha value is 0.190. The van der Waals surface area contributed by atoms with Gasteiger partial charge >= 0.3 is 0 Å². The Morgan fingerprint density at radius 2 is 1.86 bits per heavy atom. The van der Waals surface area contributed by atoms with E-state index < -0.39 is 10.0 Å². The van der Waals surface area contributed by atoms with Crippen molar-refractivity contribution >= 4 is 49.2 Å². The summed E-state index contributed by atoms with van der Waals surface area (Å²) in [5.74, 6) is 0.881. The van der Waals surface area contributed by atoms with Crippen LogP contribution in [0.5, 0.6) is 0 Å². The molecule has 3 nitrogen and oxygen atoms in total. The van der Waals surface area contributed by atoms with Gasteiger partial charge in [-0.05, 0) is 36.8 Å². The van der Waals surface area contributed by atoms with Crippen LogP contribution in [-0.2, 0) is 10.0 Å². The molecule has 0 heterocycles. The molecule has 1 aromatic rings. The second-order valence-electron chi connectivity index (χ2n) is 5.53. The smallest absolute Gasteiger partial charge is 0.208 e. The van der Waals surface area contributed by atoms with Crippen LogP contribution < -0.4 is 4.72 Å². The minimum Gasteiger partial charge on any atom is -0.208 e. The molecule has 0 amide bonds. The first kappa shape index (κ1) is 17.5. The summed E-state index contributed by atoms with van der Waals surface area (Å²) in [5, 5.41) is 0.249. The minimum atomic E-state index is -3.72. The van der Waals surface area contributed by atoms with Crippen LogP contribution in [0.1, 0.15) is 33.1 Å². The molecule has 0 saturated heterocycles. The van der Waals surface area contributed by atoms with E-state index in [-0.39, 0.29) is 21.0 Å². The third-order valence-electron chi connectivity index (χ3n) is 4.29. The lowest BCUT2D eigenvalue weighted by atomic mass is 9.94. The summed E-state index contributed by atoms with van der Waals surface area (Å²) in [6, 6.07) is 3.01. The molecule has 7 heteroatoms. The molecule has 3 unspecified atom stereocenters. The van der Waals surface area contributed by atoms with Crippen LogP contribution in [0.4, 0.5) is 0 Å². The van der Waals surface area contributed by atoms with E-state index in [4.69, 9.17) is 23.2 Å². The maximum atomic E-state index is 12.6. The van der Waals surface area contributed by atoms with Gasteiger partial charge in [0, 0.05) is 10.5 Å². The molecule has 1 fully saturated rings. The number of hydrogen-bond acceptors (Lipinski definition) is 2. The molecule has 118 valence electrons. The number of rotatable bonds is 4. The zero-order valence-electron chi connectivity index (χ0n) is 11.9. The molecule has 1 aromatic carbocycles. The normalized spacial score (nSPS) is 26.2. The molecule has 1 saturated carbocycles. The fraction of sp³-hybridized carbons (Fsp3) is 0.571. The van der Waals surface area contributed by atoms with E-state index in [1.807, 2.05) is 0 Å². The van der Waals surface area contributed by atoms with Crippen molar-refractivity contribution in [1.29, 1.82) is 0 Å². The number of halogens is 3. The molecule has 21 heavy (non-hydrogen) atoms. The third-order valence-corrected chi connectivity index (χ3v) is 7.16. The van der Waals surface area contributed by atoms with Gasteiger partial charge in [-0.3, -0.25) is 0 Å². The SMILES string of the molecule is CCC1CCC(NS(=O)(=O)c2c(Cl)cc(Br)cc2Cl)C1C. The van der Waals surface area contributed by atoms with Gasteiger partial charge in [0.25, 0.3) is 0 Å². The maximum absolute atomic E-state index is 12.6. The molecule has 1 aliphatic rings. The minimum absolute atomic E-state index is 0.0406. The summed E-state index contributed by atoms with van der Waals surface area (Å²) in [4.78, 5) is -0.0406. The monoisotopic (exact) mass is 413 g/mol. The van der Waals surface area contributed by atoms with Gasteiger partial charge in [-0.15, -0.1) is 0 Å². The van der Waals surface area contributed by atoms with Crippen LogP contribution >= 0.6 is 39.1 Å². The van der Waals surface area contributed by atoms with E-state index in [1.165, 1.54) is 12.1 Å². The highest BCUT2D eigenvalue weighted by atomic mass is 79.9. The van der Waals surface area contributed by atoms with Crippen molar-refractivity contribution in [3.8, 4) is 0 Å². The Morgan fingerprint density at radius 1 is 1.29 bits per heavy atom. The molecule has 1 N–H and O–H groups in total. The Kier molecular flexibility index (Phi) is 5.64. The Morgan fingerprint density at radius 3 is 2.33 bits per heavy atom. The van der Waals surface area contributed by atoms with Crippen molar-refractivity contribution in [3.63, 3.8) is 0 Å². The second-order valence-corrected chi connectivity index (χ2v) is 8.91. The molecule has 2 rings (SSSR count). The van der Waals surface area contributed by atoms with Gasteiger partial charge in [-0.2, -0.15) is 0 Å². The quantitative estimate of drug-likeness (QED) is 0.764. The van der Waals surface area contributed by atoms with Crippen LogP contribution in [0.15, 0.2) is 21.5 Å². The number of nitrogens with one attached hydrogen (secondary N) is 1. The van der Waals surface area contributed by atoms with Gasteiger partial charge in [-0.1, -0.05) is 59.4 Å². The van der Waals surface area contributed by atoms with Crippen LogP contribution in [0.25, 0.3) is 0 Å². The first-order chi connectivity index (χ1) is 9.76. The van der Waals surface area contributed by atoms with E-state index in [0.717, 1.165) is 19.3 Å². The Balaban J connectivity index is 2.28. The maximum Gasteiger partial charge on any atom is 0.243 e. The molecule has 0 bridgehead atoms. The lowest BCUT2D eigenvalue weighted by molar-refractivity contribution is 0.368. The molecule has 0 aliphatic heterocycles. The van der Waals surface area contributed by atoms with Gasteiger partial charge < -0.3 is 0 Å². The molecule has 3 atom stereocenters. The molecule has 0 spiro atoms. The van der Waals surface area contributed by atoms with E-state index in [9.17, 15) is 8.42 Å². The first-order valence-electron chi connectivity index (χ1n) is 6.93. The fourth-order valence-corrected chi connectivity index (χ4v) is 6.33. The van der Waals surface area contributed by atoms with E-state index >= 15 is 0 Å². The first-order valence-corrected chi connectivity index (χ1v) is 9.96. The number of sulfonamides is 1. The lowest BCUT2D eigenvalue weighted by Crippen LogP contribution is -2.37. The van der Waals surface area contributed by atoms with Crippen LogP contribution in [0, 0.1) is 11.8 Å². The Labute approximate surface area is 144 Å². The highest BCUT2D eigenvalue weighted by Crippen LogP contribution is 2.37. The summed E-state index contributed by atoms with van der Waals surface area (Å²) in [6.45, 7) is 4.24. The predicted octanol–water partition coefficient (Wildman–Crippen LogP) is 4.86. The summed E-state index contributed by atoms with van der Waals surface area (Å²) < 4.78 is 28.6. The topological polar surface area (TPSA) is 46.2 Å². The van der Waals surface area contributed by atoms with Crippen LogP contribution in [0.3, 0.4) is 0 Å². The third kappa shape index (κ3) is 3.75. The molecule has 0 radical (unpaired) electrons. The molecular weight excluding hydrogens is 397 g/mol. The van der Waals surface area contributed by atoms with Crippen molar-refractivity contribution in [1.82, 2.24) is 4.72 Å². The largest absolute Gasteiger partial charge is 0.243 e. The van der Waals surface area contributed by atoms with Gasteiger partial charge in [0.1, 0.15) is 4.90 Å². The van der Waals surface area contributed by atoms with Gasteiger partial charge in [0.15, 0.2) is 0 Å². The average molecular weight is 415 g/mol. The fourth-order valence-electron chi connectivity index (χ4n) is 3.03. The van der Waals surface area contributed by atoms with Crippen LogP contribution in [0.2, 0.25) is 10.0 Å². The van der Waals surface area contributed by atoms with E-state index in [2.05, 4.69) is 34.5 Å². The van der Waals surface area contributed by atoms with Crippen molar-refractivity contribution in [2.45, 2.75) is 44.0 Å². The Bertz CT molecular complexity index is 613. The standard InChI is InChI=1S/C14H18BrCl2NO2S/c1-3-9-4-5-13(8(9)2)18-21(19,20)14-11(16)6-10(15)7-12(14)17/h6-9,13,18H,3-5H2,1-2H3. The zero-order valence-corrected chi connectivity index (χ0v) is 15.8. The molecule has 0 aromatic heterocycles. The highest BCUT2D eigenvalue weighted by molar-refractivity contribution is 9.10. The van der Waals surface area contributed by atoms with Crippen molar-refractivity contribution < 1.29 is 8.42 Å². The van der Waals surface area contributed by atoms with Gasteiger partial charge in [0.2, 0.25) is 10.0 Å². The van der Waals surface area contributed by atoms with Crippen molar-refractivity contribution in [2.75, 3.05) is 0 Å². The van der Waals surface area contributed by atoms with E-state index in [0.29, 0.717) is 16.3 Å². The summed E-state index contributed by atoms with van der Waals surface area (Å²) in [7, 11) is -3.72. The summed E-state index contributed by atoms with van der Waals surface area (Å²) in [5.41, 5.74) is 0. The summed E-state index contributed by atoms with van der Waals surface area (Å²) >= 11 is 15.4. The lowest BCUT2D eigenvalue weighted by Gasteiger charge is -2.21. The van der Waals surface area contributed by atoms with Gasteiger partial charge in [0.05, 0.1) is 10.0 Å². The van der Waals surface area contributed by atoms with Crippen molar-refractivity contribution in [3.05, 3.63) is 26.7 Å². The highest BCUT2D eigenvalue weighted by Gasteiger charge is 2.35. The zero-order chi connectivity index (χ0) is 15.8. The number of hydrogen-bond donors (Lipinski definition) is 1. The van der Waals surface area contributed by atoms with Crippen LogP contribution in [-0.4, -0.2) is 14.5 Å². The average Bonchev–Trinajstić information content (AvgIpc) is 2.68. The predicted molar refractivity (Wildman–Crippen MR) is 90.5 cm³/mol. The number of benzene rings is 1. The summed E-state index contributed by atoms with van der Waals surface area (Å²) in [6.07, 6.45) is 2.97. The second kappa shape index (κ2) is 6.75.